The largest absolute Gasteiger partial charge is 0.370 e. The van der Waals surface area contributed by atoms with Gasteiger partial charge in [0.2, 0.25) is 0 Å². The summed E-state index contributed by atoms with van der Waals surface area (Å²) in [5.74, 6) is 0.745. The summed E-state index contributed by atoms with van der Waals surface area (Å²) in [6.07, 6.45) is 6.62. The number of nitrogens with zero attached hydrogens (tertiary/aromatic N) is 2. The van der Waals surface area contributed by atoms with Gasteiger partial charge in [0.1, 0.15) is 5.82 Å². The van der Waals surface area contributed by atoms with E-state index in [-0.39, 0.29) is 5.91 Å². The van der Waals surface area contributed by atoms with E-state index in [0.717, 1.165) is 38.4 Å². The molecule has 0 bridgehead atoms. The highest BCUT2D eigenvalue weighted by Gasteiger charge is 2.11. The number of rotatable bonds is 7. The van der Waals surface area contributed by atoms with E-state index >= 15 is 0 Å². The molecule has 1 saturated heterocycles. The molecule has 0 aliphatic carbocycles. The number of carbonyl (C=O) groups excluding carboxylic acids is 1. The highest BCUT2D eigenvalue weighted by molar-refractivity contribution is 5.94. The van der Waals surface area contributed by atoms with Gasteiger partial charge >= 0.3 is 0 Å². The fourth-order valence-corrected chi connectivity index (χ4v) is 2.53. The fourth-order valence-electron chi connectivity index (χ4n) is 2.53. The van der Waals surface area contributed by atoms with Gasteiger partial charge in [0.05, 0.1) is 0 Å². The Morgan fingerprint density at radius 3 is 2.86 bits per heavy atom. The normalized spacial score (nSPS) is 15.7. The molecule has 0 unspecified atom stereocenters. The summed E-state index contributed by atoms with van der Waals surface area (Å²) in [7, 11) is 0. The van der Waals surface area contributed by atoms with Gasteiger partial charge in [-0.25, -0.2) is 4.98 Å². The van der Waals surface area contributed by atoms with Crippen LogP contribution in [0.3, 0.4) is 0 Å². The van der Waals surface area contributed by atoms with E-state index in [0.29, 0.717) is 12.1 Å². The van der Waals surface area contributed by atoms with Crippen LogP contribution in [-0.4, -0.2) is 48.5 Å². The van der Waals surface area contributed by atoms with Crippen LogP contribution in [0.4, 0.5) is 5.82 Å². The average Bonchev–Trinajstić information content (AvgIpc) is 2.54. The Morgan fingerprint density at radius 1 is 1.29 bits per heavy atom. The van der Waals surface area contributed by atoms with Gasteiger partial charge in [0.25, 0.3) is 5.91 Å². The Hall–Kier alpha value is -1.62. The molecule has 1 aliphatic rings. The zero-order valence-corrected chi connectivity index (χ0v) is 12.9. The minimum Gasteiger partial charge on any atom is -0.370 e. The van der Waals surface area contributed by atoms with E-state index in [2.05, 4.69) is 27.4 Å². The third-order valence-electron chi connectivity index (χ3n) is 3.74. The summed E-state index contributed by atoms with van der Waals surface area (Å²) in [5.41, 5.74) is 0.669. The summed E-state index contributed by atoms with van der Waals surface area (Å²) in [6.45, 7) is 6.94. The molecule has 21 heavy (non-hydrogen) atoms. The molecule has 0 aromatic carbocycles. The molecule has 5 heteroatoms. The molecule has 2 rings (SSSR count). The van der Waals surface area contributed by atoms with E-state index in [1.165, 1.54) is 19.3 Å². The van der Waals surface area contributed by atoms with Gasteiger partial charge in [-0.3, -0.25) is 4.79 Å². The molecule has 1 aliphatic heterocycles. The molecule has 1 fully saturated rings. The number of hydrogen-bond acceptors (Lipinski definition) is 4. The van der Waals surface area contributed by atoms with Crippen LogP contribution in [0.5, 0.6) is 0 Å². The number of amides is 1. The first kappa shape index (κ1) is 15.8. The van der Waals surface area contributed by atoms with E-state index in [1.807, 2.05) is 6.07 Å². The fraction of sp³-hybridized carbons (Fsp3) is 0.625. The average molecular weight is 290 g/mol. The lowest BCUT2D eigenvalue weighted by Crippen LogP contribution is -2.37. The number of hydrogen-bond donors (Lipinski definition) is 2. The van der Waals surface area contributed by atoms with Crippen LogP contribution in [0.25, 0.3) is 0 Å². The van der Waals surface area contributed by atoms with E-state index < -0.39 is 0 Å². The SMILES string of the molecule is CCCNc1cc(C(=O)NCCN2CCCCC2)ccn1. The molecule has 2 N–H and O–H groups in total. The lowest BCUT2D eigenvalue weighted by molar-refractivity contribution is 0.0946. The molecular formula is C16H26N4O. The van der Waals surface area contributed by atoms with Crippen molar-refractivity contribution >= 4 is 11.7 Å². The monoisotopic (exact) mass is 290 g/mol. The Labute approximate surface area is 127 Å². The predicted octanol–water partition coefficient (Wildman–Crippen LogP) is 2.12. The topological polar surface area (TPSA) is 57.3 Å². The second kappa shape index (κ2) is 8.62. The van der Waals surface area contributed by atoms with E-state index in [4.69, 9.17) is 0 Å². The van der Waals surface area contributed by atoms with Crippen molar-refractivity contribution in [3.63, 3.8) is 0 Å². The Morgan fingerprint density at radius 2 is 2.10 bits per heavy atom. The third-order valence-corrected chi connectivity index (χ3v) is 3.74. The number of carbonyl (C=O) groups is 1. The van der Waals surface area contributed by atoms with Crippen molar-refractivity contribution in [1.82, 2.24) is 15.2 Å². The van der Waals surface area contributed by atoms with Gasteiger partial charge < -0.3 is 15.5 Å². The molecule has 1 aromatic rings. The first-order valence-corrected chi connectivity index (χ1v) is 8.00. The van der Waals surface area contributed by atoms with Crippen LogP contribution in [0.15, 0.2) is 18.3 Å². The first-order valence-electron chi connectivity index (χ1n) is 8.00. The van der Waals surface area contributed by atoms with Gasteiger partial charge in [0.15, 0.2) is 0 Å². The van der Waals surface area contributed by atoms with Crippen molar-refractivity contribution in [3.05, 3.63) is 23.9 Å². The van der Waals surface area contributed by atoms with Crippen LogP contribution in [0.2, 0.25) is 0 Å². The lowest BCUT2D eigenvalue weighted by Gasteiger charge is -2.26. The molecule has 2 heterocycles. The van der Waals surface area contributed by atoms with Crippen molar-refractivity contribution in [2.45, 2.75) is 32.6 Å². The standard InChI is InChI=1S/C16H26N4O/c1-2-7-17-15-13-14(6-8-18-15)16(21)19-9-12-20-10-4-3-5-11-20/h6,8,13H,2-5,7,9-12H2,1H3,(H,17,18)(H,19,21). The zero-order valence-electron chi connectivity index (χ0n) is 12.9. The van der Waals surface area contributed by atoms with Gasteiger partial charge in [-0.2, -0.15) is 0 Å². The molecule has 0 saturated carbocycles. The number of anilines is 1. The molecule has 1 amide bonds. The molecule has 1 aromatic heterocycles. The second-order valence-corrected chi connectivity index (χ2v) is 5.51. The van der Waals surface area contributed by atoms with Crippen molar-refractivity contribution < 1.29 is 4.79 Å². The zero-order chi connectivity index (χ0) is 14.9. The van der Waals surface area contributed by atoms with E-state index in [9.17, 15) is 4.79 Å². The van der Waals surface area contributed by atoms with Crippen molar-refractivity contribution in [1.29, 1.82) is 0 Å². The van der Waals surface area contributed by atoms with E-state index in [1.54, 1.807) is 12.3 Å². The smallest absolute Gasteiger partial charge is 0.251 e. The number of aromatic nitrogens is 1. The van der Waals surface area contributed by atoms with Crippen molar-refractivity contribution in [3.8, 4) is 0 Å². The number of pyridine rings is 1. The summed E-state index contributed by atoms with van der Waals surface area (Å²) < 4.78 is 0. The Kier molecular flexibility index (Phi) is 6.47. The van der Waals surface area contributed by atoms with Crippen molar-refractivity contribution in [2.75, 3.05) is 38.0 Å². The minimum absolute atomic E-state index is 0.0195. The number of likely N-dealkylation sites (tertiary alicyclic amines) is 1. The highest BCUT2D eigenvalue weighted by Crippen LogP contribution is 2.08. The maximum absolute atomic E-state index is 12.1. The Bertz CT molecular complexity index is 444. The quantitative estimate of drug-likeness (QED) is 0.807. The lowest BCUT2D eigenvalue weighted by atomic mass is 10.1. The van der Waals surface area contributed by atoms with Crippen LogP contribution in [0, 0.1) is 0 Å². The summed E-state index contributed by atoms with van der Waals surface area (Å²) >= 11 is 0. The first-order chi connectivity index (χ1) is 10.3. The predicted molar refractivity (Wildman–Crippen MR) is 85.6 cm³/mol. The molecule has 116 valence electrons. The maximum atomic E-state index is 12.1. The molecule has 0 spiro atoms. The minimum atomic E-state index is -0.0195. The molecule has 5 nitrogen and oxygen atoms in total. The number of nitrogens with one attached hydrogen (secondary N) is 2. The van der Waals surface area contributed by atoms with Gasteiger partial charge in [-0.1, -0.05) is 13.3 Å². The number of piperidine rings is 1. The Balaban J connectivity index is 1.76. The van der Waals surface area contributed by atoms with Gasteiger partial charge in [-0.05, 0) is 44.5 Å². The van der Waals surface area contributed by atoms with Crippen molar-refractivity contribution in [2.24, 2.45) is 0 Å². The summed E-state index contributed by atoms with van der Waals surface area (Å²) in [6, 6.07) is 3.57. The van der Waals surface area contributed by atoms with Crippen LogP contribution >= 0.6 is 0 Å². The highest BCUT2D eigenvalue weighted by atomic mass is 16.1. The molecule has 0 atom stereocenters. The molecule has 0 radical (unpaired) electrons. The second-order valence-electron chi connectivity index (χ2n) is 5.51. The van der Waals surface area contributed by atoms with Gasteiger partial charge in [0, 0.05) is 31.4 Å². The summed E-state index contributed by atoms with van der Waals surface area (Å²) in [5, 5.41) is 6.19. The van der Waals surface area contributed by atoms with Crippen LogP contribution < -0.4 is 10.6 Å². The van der Waals surface area contributed by atoms with Gasteiger partial charge in [-0.15, -0.1) is 0 Å². The van der Waals surface area contributed by atoms with Crippen LogP contribution in [0.1, 0.15) is 43.0 Å². The van der Waals surface area contributed by atoms with Crippen LogP contribution in [-0.2, 0) is 0 Å². The molecular weight excluding hydrogens is 264 g/mol. The maximum Gasteiger partial charge on any atom is 0.251 e. The third kappa shape index (κ3) is 5.34. The summed E-state index contributed by atoms with van der Waals surface area (Å²) in [4.78, 5) is 18.8.